The van der Waals surface area contributed by atoms with Crippen LogP contribution < -0.4 is 0 Å². The molecule has 2 aromatic rings. The molecule has 0 aliphatic rings. The summed E-state index contributed by atoms with van der Waals surface area (Å²) in [7, 11) is 0. The van der Waals surface area contributed by atoms with Crippen molar-refractivity contribution in [3.05, 3.63) is 47.6 Å². The van der Waals surface area contributed by atoms with Crippen molar-refractivity contribution in [2.45, 2.75) is 20.4 Å². The Balaban J connectivity index is 2.22. The summed E-state index contributed by atoms with van der Waals surface area (Å²) in [5.74, 6) is -0.308. The lowest BCUT2D eigenvalue weighted by Gasteiger charge is -2.04. The van der Waals surface area contributed by atoms with Crippen molar-refractivity contribution in [1.29, 1.82) is 0 Å². The third-order valence-electron chi connectivity index (χ3n) is 2.47. The number of halogens is 1. The van der Waals surface area contributed by atoms with Gasteiger partial charge in [-0.05, 0) is 26.0 Å². The molecule has 4 heteroatoms. The minimum Gasteiger partial charge on any atom is -0.329 e. The molecular weight excluding hydrogens is 193 g/mol. The number of rotatable bonds is 2. The summed E-state index contributed by atoms with van der Waals surface area (Å²) in [6.45, 7) is 4.60. The van der Waals surface area contributed by atoms with Crippen LogP contribution in [0.2, 0.25) is 0 Å². The largest absolute Gasteiger partial charge is 0.329 e. The second kappa shape index (κ2) is 3.81. The fraction of sp³-hybridized carbons (Fsp3) is 0.273. The van der Waals surface area contributed by atoms with E-state index in [4.69, 9.17) is 0 Å². The van der Waals surface area contributed by atoms with E-state index >= 15 is 0 Å². The predicted octanol–water partition coefficient (Wildman–Crippen LogP) is 2.08. The predicted molar refractivity (Wildman–Crippen MR) is 55.0 cm³/mol. The Labute approximate surface area is 87.6 Å². The Kier molecular flexibility index (Phi) is 2.49. The highest BCUT2D eigenvalue weighted by molar-refractivity contribution is 5.12. The van der Waals surface area contributed by atoms with Gasteiger partial charge in [0.2, 0.25) is 0 Å². The van der Waals surface area contributed by atoms with Gasteiger partial charge in [0.25, 0.3) is 0 Å². The fourth-order valence-electron chi connectivity index (χ4n) is 1.38. The van der Waals surface area contributed by atoms with Gasteiger partial charge >= 0.3 is 0 Å². The monoisotopic (exact) mass is 205 g/mol. The summed E-state index contributed by atoms with van der Waals surface area (Å²) in [6.07, 6.45) is 3.00. The average Bonchev–Trinajstić information content (AvgIpc) is 2.53. The van der Waals surface area contributed by atoms with Gasteiger partial charge in [0, 0.05) is 5.69 Å². The Bertz CT molecular complexity index is 459. The van der Waals surface area contributed by atoms with Crippen molar-refractivity contribution in [2.24, 2.45) is 0 Å². The van der Waals surface area contributed by atoms with Gasteiger partial charge in [-0.1, -0.05) is 0 Å². The van der Waals surface area contributed by atoms with Crippen LogP contribution in [-0.2, 0) is 6.54 Å². The molecule has 0 saturated heterocycles. The summed E-state index contributed by atoms with van der Waals surface area (Å²) in [5.41, 5.74) is 2.95. The molecule has 3 nitrogen and oxygen atoms in total. The maximum absolute atomic E-state index is 12.6. The number of imidazole rings is 1. The molecule has 0 saturated carbocycles. The van der Waals surface area contributed by atoms with Crippen LogP contribution in [0.3, 0.4) is 0 Å². The standard InChI is InChI=1S/C11H12FN3/c1-8-9(2)15(7-14-8)6-11-4-3-10(12)5-13-11/h3-5,7H,6H2,1-2H3. The second-order valence-corrected chi connectivity index (χ2v) is 3.51. The highest BCUT2D eigenvalue weighted by atomic mass is 19.1. The molecule has 0 aliphatic heterocycles. The lowest BCUT2D eigenvalue weighted by atomic mass is 10.3. The minimum atomic E-state index is -0.308. The van der Waals surface area contributed by atoms with Crippen molar-refractivity contribution in [1.82, 2.24) is 14.5 Å². The molecule has 2 aromatic heterocycles. The topological polar surface area (TPSA) is 30.7 Å². The molecule has 0 aromatic carbocycles. The zero-order valence-electron chi connectivity index (χ0n) is 8.74. The SMILES string of the molecule is Cc1ncn(Cc2ccc(F)cn2)c1C. The lowest BCUT2D eigenvalue weighted by Crippen LogP contribution is -2.02. The summed E-state index contributed by atoms with van der Waals surface area (Å²) in [4.78, 5) is 8.19. The Morgan fingerprint density at radius 1 is 1.27 bits per heavy atom. The second-order valence-electron chi connectivity index (χ2n) is 3.51. The molecule has 0 atom stereocenters. The molecule has 0 amide bonds. The molecule has 0 fully saturated rings. The smallest absolute Gasteiger partial charge is 0.141 e. The molecule has 0 spiro atoms. The molecule has 0 N–H and O–H groups in total. The van der Waals surface area contributed by atoms with Crippen molar-refractivity contribution in [2.75, 3.05) is 0 Å². The van der Waals surface area contributed by atoms with Gasteiger partial charge in [-0.2, -0.15) is 0 Å². The van der Waals surface area contributed by atoms with E-state index in [1.807, 2.05) is 18.4 Å². The molecule has 2 rings (SSSR count). The quantitative estimate of drug-likeness (QED) is 0.751. The van der Waals surface area contributed by atoms with Crippen LogP contribution in [0.1, 0.15) is 17.1 Å². The van der Waals surface area contributed by atoms with Crippen molar-refractivity contribution in [3.8, 4) is 0 Å². The van der Waals surface area contributed by atoms with Crippen molar-refractivity contribution in [3.63, 3.8) is 0 Å². The molecule has 0 unspecified atom stereocenters. The first kappa shape index (κ1) is 9.83. The number of hydrogen-bond donors (Lipinski definition) is 0. The molecule has 0 bridgehead atoms. The first-order valence-corrected chi connectivity index (χ1v) is 4.75. The maximum Gasteiger partial charge on any atom is 0.141 e. The van der Waals surface area contributed by atoms with E-state index in [9.17, 15) is 4.39 Å². The van der Waals surface area contributed by atoms with E-state index in [1.165, 1.54) is 12.3 Å². The zero-order valence-corrected chi connectivity index (χ0v) is 8.74. The number of hydrogen-bond acceptors (Lipinski definition) is 2. The van der Waals surface area contributed by atoms with Gasteiger partial charge in [-0.3, -0.25) is 4.98 Å². The third kappa shape index (κ3) is 2.03. The fourth-order valence-corrected chi connectivity index (χ4v) is 1.38. The first-order chi connectivity index (χ1) is 7.16. The number of aryl methyl sites for hydroxylation is 1. The van der Waals surface area contributed by atoms with Crippen LogP contribution in [-0.4, -0.2) is 14.5 Å². The lowest BCUT2D eigenvalue weighted by molar-refractivity contribution is 0.616. The van der Waals surface area contributed by atoms with E-state index in [-0.39, 0.29) is 5.82 Å². The van der Waals surface area contributed by atoms with Crippen LogP contribution >= 0.6 is 0 Å². The number of aromatic nitrogens is 3. The average molecular weight is 205 g/mol. The molecule has 2 heterocycles. The van der Waals surface area contributed by atoms with Gasteiger partial charge in [-0.25, -0.2) is 9.37 Å². The molecule has 78 valence electrons. The van der Waals surface area contributed by atoms with E-state index in [0.717, 1.165) is 17.1 Å². The third-order valence-corrected chi connectivity index (χ3v) is 2.47. The van der Waals surface area contributed by atoms with Gasteiger partial charge in [0.15, 0.2) is 0 Å². The summed E-state index contributed by atoms with van der Waals surface area (Å²) >= 11 is 0. The van der Waals surface area contributed by atoms with Crippen LogP contribution in [0.15, 0.2) is 24.7 Å². The van der Waals surface area contributed by atoms with Gasteiger partial charge < -0.3 is 4.57 Å². The highest BCUT2D eigenvalue weighted by Crippen LogP contribution is 2.07. The molecule has 0 aliphatic carbocycles. The molecule has 0 radical (unpaired) electrons. The minimum absolute atomic E-state index is 0.308. The van der Waals surface area contributed by atoms with Crippen LogP contribution in [0, 0.1) is 19.7 Å². The van der Waals surface area contributed by atoms with Crippen LogP contribution in [0.4, 0.5) is 4.39 Å². The zero-order chi connectivity index (χ0) is 10.8. The first-order valence-electron chi connectivity index (χ1n) is 4.75. The molecular formula is C11H12FN3. The van der Waals surface area contributed by atoms with E-state index < -0.39 is 0 Å². The Morgan fingerprint density at radius 2 is 2.07 bits per heavy atom. The summed E-state index contributed by atoms with van der Waals surface area (Å²) < 4.78 is 14.6. The van der Waals surface area contributed by atoms with E-state index in [0.29, 0.717) is 6.54 Å². The highest BCUT2D eigenvalue weighted by Gasteiger charge is 2.03. The normalized spacial score (nSPS) is 10.6. The van der Waals surface area contributed by atoms with Crippen molar-refractivity contribution < 1.29 is 4.39 Å². The van der Waals surface area contributed by atoms with Gasteiger partial charge in [0.05, 0.1) is 30.5 Å². The summed E-state index contributed by atoms with van der Waals surface area (Å²) in [6, 6.07) is 3.10. The Morgan fingerprint density at radius 3 is 2.60 bits per heavy atom. The van der Waals surface area contributed by atoms with E-state index in [1.54, 1.807) is 12.4 Å². The maximum atomic E-state index is 12.6. The number of nitrogens with zero attached hydrogens (tertiary/aromatic N) is 3. The van der Waals surface area contributed by atoms with Gasteiger partial charge in [-0.15, -0.1) is 0 Å². The van der Waals surface area contributed by atoms with Crippen molar-refractivity contribution >= 4 is 0 Å². The summed E-state index contributed by atoms with van der Waals surface area (Å²) in [5, 5.41) is 0. The van der Waals surface area contributed by atoms with Crippen LogP contribution in [0.5, 0.6) is 0 Å². The van der Waals surface area contributed by atoms with E-state index in [2.05, 4.69) is 9.97 Å². The Hall–Kier alpha value is -1.71. The van der Waals surface area contributed by atoms with Crippen LogP contribution in [0.25, 0.3) is 0 Å². The number of pyridine rings is 1. The molecule has 15 heavy (non-hydrogen) atoms. The van der Waals surface area contributed by atoms with Gasteiger partial charge in [0.1, 0.15) is 5.82 Å².